The molecule has 0 aromatic heterocycles. The van der Waals surface area contributed by atoms with Gasteiger partial charge in [-0.15, -0.1) is 0 Å². The van der Waals surface area contributed by atoms with Crippen molar-refractivity contribution in [3.05, 3.63) is 28.2 Å². The SMILES string of the molecule is CCCCCCCCCCO[C@@H]1C[C@H](S(=O)(=O)c2ccc(Br)cc2C(F)(F)F)C[C@H]1C(=O)O. The van der Waals surface area contributed by atoms with Gasteiger partial charge in [0.05, 0.1) is 27.7 Å². The molecule has 2 rings (SSSR count). The third-order valence-electron chi connectivity index (χ3n) is 6.10. The van der Waals surface area contributed by atoms with E-state index in [1.165, 1.54) is 31.7 Å². The van der Waals surface area contributed by atoms with Crippen molar-refractivity contribution in [2.24, 2.45) is 5.92 Å². The van der Waals surface area contributed by atoms with Crippen molar-refractivity contribution in [3.63, 3.8) is 0 Å². The van der Waals surface area contributed by atoms with E-state index < -0.39 is 49.7 Å². The summed E-state index contributed by atoms with van der Waals surface area (Å²) in [4.78, 5) is 10.9. The molecular weight excluding hydrogens is 525 g/mol. The zero-order valence-electron chi connectivity index (χ0n) is 18.7. The molecular formula is C23H32BrF3O5S. The van der Waals surface area contributed by atoms with Crippen molar-refractivity contribution in [2.75, 3.05) is 6.61 Å². The lowest BCUT2D eigenvalue weighted by atomic mass is 10.1. The molecule has 0 heterocycles. The molecule has 1 fully saturated rings. The molecule has 5 nitrogen and oxygen atoms in total. The van der Waals surface area contributed by atoms with Gasteiger partial charge in [0.25, 0.3) is 0 Å². The summed E-state index contributed by atoms with van der Waals surface area (Å²) in [5, 5.41) is 8.29. The molecule has 3 atom stereocenters. The number of halogens is 4. The molecule has 0 saturated heterocycles. The molecule has 1 aliphatic carbocycles. The van der Waals surface area contributed by atoms with Crippen LogP contribution < -0.4 is 0 Å². The molecule has 1 saturated carbocycles. The van der Waals surface area contributed by atoms with Gasteiger partial charge in [-0.05, 0) is 37.5 Å². The van der Waals surface area contributed by atoms with E-state index in [2.05, 4.69) is 22.9 Å². The summed E-state index contributed by atoms with van der Waals surface area (Å²) in [7, 11) is -4.40. The molecule has 0 spiro atoms. The molecule has 10 heteroatoms. The van der Waals surface area contributed by atoms with Crippen molar-refractivity contribution in [1.29, 1.82) is 0 Å². The van der Waals surface area contributed by atoms with Crippen LogP contribution in [0.1, 0.15) is 76.7 Å². The second-order valence-corrected chi connectivity index (χ2v) is 11.7. The van der Waals surface area contributed by atoms with Gasteiger partial charge in [-0.3, -0.25) is 4.79 Å². The van der Waals surface area contributed by atoms with Crippen molar-refractivity contribution in [1.82, 2.24) is 0 Å². The number of carboxylic acids is 1. The van der Waals surface area contributed by atoms with Crippen molar-refractivity contribution >= 4 is 31.7 Å². The number of hydrogen-bond acceptors (Lipinski definition) is 4. The molecule has 188 valence electrons. The molecule has 0 unspecified atom stereocenters. The fourth-order valence-corrected chi connectivity index (χ4v) is 6.64. The molecule has 0 amide bonds. The molecule has 1 N–H and O–H groups in total. The van der Waals surface area contributed by atoms with Crippen molar-refractivity contribution in [3.8, 4) is 0 Å². The van der Waals surface area contributed by atoms with Crippen LogP contribution in [0.2, 0.25) is 0 Å². The first-order valence-corrected chi connectivity index (χ1v) is 13.8. The average molecular weight is 557 g/mol. The summed E-state index contributed by atoms with van der Waals surface area (Å²) in [6, 6.07) is 2.89. The molecule has 0 radical (unpaired) electrons. The number of sulfone groups is 1. The first-order chi connectivity index (χ1) is 15.5. The number of carboxylic acid groups (broad SMARTS) is 1. The highest BCUT2D eigenvalue weighted by Crippen LogP contribution is 2.41. The molecule has 1 aromatic carbocycles. The number of unbranched alkanes of at least 4 members (excludes halogenated alkanes) is 7. The summed E-state index contributed by atoms with van der Waals surface area (Å²) in [5.74, 6) is -2.26. The summed E-state index contributed by atoms with van der Waals surface area (Å²) in [5.41, 5.74) is -1.26. The van der Waals surface area contributed by atoms with E-state index >= 15 is 0 Å². The lowest BCUT2D eigenvalue weighted by molar-refractivity contribution is -0.146. The molecule has 1 aromatic rings. The minimum Gasteiger partial charge on any atom is -0.481 e. The van der Waals surface area contributed by atoms with E-state index in [4.69, 9.17) is 4.74 Å². The fourth-order valence-electron chi connectivity index (χ4n) is 4.27. The van der Waals surface area contributed by atoms with Crippen LogP contribution in [-0.2, 0) is 25.5 Å². The number of hydrogen-bond donors (Lipinski definition) is 1. The second kappa shape index (κ2) is 12.5. The maximum absolute atomic E-state index is 13.5. The van der Waals surface area contributed by atoms with Crippen LogP contribution in [0.3, 0.4) is 0 Å². The first kappa shape index (κ1) is 28.1. The van der Waals surface area contributed by atoms with E-state index in [1.807, 2.05) is 0 Å². The Balaban J connectivity index is 2.01. The maximum Gasteiger partial charge on any atom is 0.417 e. The Morgan fingerprint density at radius 2 is 1.70 bits per heavy atom. The predicted molar refractivity (Wildman–Crippen MR) is 123 cm³/mol. The van der Waals surface area contributed by atoms with Crippen molar-refractivity contribution < 1.29 is 36.2 Å². The van der Waals surface area contributed by atoms with Gasteiger partial charge in [0.2, 0.25) is 0 Å². The van der Waals surface area contributed by atoms with Crippen LogP contribution in [0.4, 0.5) is 13.2 Å². The topological polar surface area (TPSA) is 80.7 Å². The fraction of sp³-hybridized carbons (Fsp3) is 0.696. The summed E-state index contributed by atoms with van der Waals surface area (Å²) in [6.07, 6.45) is 2.60. The van der Waals surface area contributed by atoms with Crippen LogP contribution in [0.25, 0.3) is 0 Å². The standard InChI is InChI=1S/C23H32BrF3O5S/c1-2-3-4-5-6-7-8-9-12-32-20-15-17(14-18(20)22(28)29)33(30,31)21-11-10-16(24)13-19(21)23(25,26)27/h10-11,13,17-18,20H,2-9,12,14-15H2,1H3,(H,28,29)/t17-,18-,20-/m1/s1. The average Bonchev–Trinajstić information content (AvgIpc) is 3.17. The van der Waals surface area contributed by atoms with E-state index in [-0.39, 0.29) is 17.3 Å². The highest BCUT2D eigenvalue weighted by molar-refractivity contribution is 9.10. The van der Waals surface area contributed by atoms with Gasteiger partial charge in [-0.1, -0.05) is 67.8 Å². The maximum atomic E-state index is 13.5. The largest absolute Gasteiger partial charge is 0.481 e. The lowest BCUT2D eigenvalue weighted by Gasteiger charge is -2.18. The van der Waals surface area contributed by atoms with E-state index in [0.29, 0.717) is 6.61 Å². The highest BCUT2D eigenvalue weighted by atomic mass is 79.9. The first-order valence-electron chi connectivity index (χ1n) is 11.4. The minimum absolute atomic E-state index is 0.107. The van der Waals surface area contributed by atoms with Crippen molar-refractivity contribution in [2.45, 2.75) is 93.6 Å². The van der Waals surface area contributed by atoms with Crippen LogP contribution >= 0.6 is 15.9 Å². The Bertz CT molecular complexity index is 889. The smallest absolute Gasteiger partial charge is 0.417 e. The van der Waals surface area contributed by atoms with Gasteiger partial charge in [-0.25, -0.2) is 8.42 Å². The van der Waals surface area contributed by atoms with Gasteiger partial charge in [0, 0.05) is 11.1 Å². The number of rotatable bonds is 13. The van der Waals surface area contributed by atoms with Gasteiger partial charge >= 0.3 is 12.1 Å². The van der Waals surface area contributed by atoms with E-state index in [9.17, 15) is 31.5 Å². The Kier molecular flexibility index (Phi) is 10.7. The van der Waals surface area contributed by atoms with Gasteiger partial charge < -0.3 is 9.84 Å². The Labute approximate surface area is 202 Å². The zero-order valence-corrected chi connectivity index (χ0v) is 21.1. The minimum atomic E-state index is -4.86. The number of ether oxygens (including phenoxy) is 1. The number of carbonyl (C=O) groups is 1. The lowest BCUT2D eigenvalue weighted by Crippen LogP contribution is -2.25. The van der Waals surface area contributed by atoms with Crippen LogP contribution in [0, 0.1) is 5.92 Å². The summed E-state index contributed by atoms with van der Waals surface area (Å²) in [6.45, 7) is 2.47. The van der Waals surface area contributed by atoms with Crippen LogP contribution in [-0.4, -0.2) is 37.5 Å². The normalized spacial score (nSPS) is 21.4. The quantitative estimate of drug-likeness (QED) is 0.276. The zero-order chi connectivity index (χ0) is 24.6. The summed E-state index contributed by atoms with van der Waals surface area (Å²) >= 11 is 2.95. The predicted octanol–water partition coefficient (Wildman–Crippen LogP) is 6.63. The highest BCUT2D eigenvalue weighted by Gasteiger charge is 2.47. The third-order valence-corrected chi connectivity index (χ3v) is 8.83. The number of aliphatic carboxylic acids is 1. The van der Waals surface area contributed by atoms with Gasteiger partial charge in [0.15, 0.2) is 9.84 Å². The molecule has 0 bridgehead atoms. The molecule has 0 aliphatic heterocycles. The second-order valence-electron chi connectivity index (χ2n) is 8.61. The van der Waals surface area contributed by atoms with Crippen LogP contribution in [0.5, 0.6) is 0 Å². The van der Waals surface area contributed by atoms with Gasteiger partial charge in [-0.2, -0.15) is 13.2 Å². The van der Waals surface area contributed by atoms with Gasteiger partial charge in [0.1, 0.15) is 0 Å². The monoisotopic (exact) mass is 556 g/mol. The van der Waals surface area contributed by atoms with E-state index in [1.54, 1.807) is 0 Å². The number of benzene rings is 1. The number of alkyl halides is 3. The third kappa shape index (κ3) is 7.96. The summed E-state index contributed by atoms with van der Waals surface area (Å²) < 4.78 is 72.4. The Hall–Kier alpha value is -1.13. The molecule has 33 heavy (non-hydrogen) atoms. The Morgan fingerprint density at radius 3 is 2.27 bits per heavy atom. The van der Waals surface area contributed by atoms with E-state index in [0.717, 1.165) is 37.8 Å². The van der Waals surface area contributed by atoms with Crippen LogP contribution in [0.15, 0.2) is 27.6 Å². The Morgan fingerprint density at radius 1 is 1.09 bits per heavy atom. The molecule has 1 aliphatic rings.